The molecule has 0 saturated carbocycles. The van der Waals surface area contributed by atoms with Crippen LogP contribution < -0.4 is 4.74 Å². The quantitative estimate of drug-likeness (QED) is 0.888. The summed E-state index contributed by atoms with van der Waals surface area (Å²) in [6.07, 6.45) is -0.153. The molecule has 2 rings (SSSR count). The van der Waals surface area contributed by atoms with Gasteiger partial charge in [-0.3, -0.25) is 0 Å². The average Bonchev–Trinajstić information content (AvgIpc) is 2.43. The first-order valence-corrected chi connectivity index (χ1v) is 7.14. The van der Waals surface area contributed by atoms with Crippen molar-refractivity contribution in [3.8, 4) is 5.75 Å². The lowest BCUT2D eigenvalue weighted by atomic mass is 9.99. The highest BCUT2D eigenvalue weighted by atomic mass is 35.5. The van der Waals surface area contributed by atoms with E-state index in [-0.39, 0.29) is 0 Å². The number of benzene rings is 2. The summed E-state index contributed by atoms with van der Waals surface area (Å²) in [6.45, 7) is 4.51. The van der Waals surface area contributed by atoms with E-state index in [4.69, 9.17) is 16.3 Å². The van der Waals surface area contributed by atoms with Crippen molar-refractivity contribution in [2.24, 2.45) is 0 Å². The molecule has 20 heavy (non-hydrogen) atoms. The summed E-state index contributed by atoms with van der Waals surface area (Å²) in [5, 5.41) is 11.2. The molecule has 2 aromatic carbocycles. The van der Waals surface area contributed by atoms with Gasteiger partial charge in [0, 0.05) is 17.0 Å². The lowest BCUT2D eigenvalue weighted by molar-refractivity contribution is 0.172. The normalized spacial score (nSPS) is 12.2. The van der Waals surface area contributed by atoms with Gasteiger partial charge in [0.2, 0.25) is 0 Å². The van der Waals surface area contributed by atoms with Crippen molar-refractivity contribution in [1.82, 2.24) is 0 Å². The number of hydrogen-bond acceptors (Lipinski definition) is 2. The van der Waals surface area contributed by atoms with E-state index in [1.54, 1.807) is 0 Å². The zero-order valence-corrected chi connectivity index (χ0v) is 12.5. The van der Waals surface area contributed by atoms with Crippen LogP contribution in [-0.4, -0.2) is 11.7 Å². The fraction of sp³-hybridized carbons (Fsp3) is 0.294. The average molecular weight is 291 g/mol. The van der Waals surface area contributed by atoms with Gasteiger partial charge in [-0.1, -0.05) is 41.4 Å². The van der Waals surface area contributed by atoms with Crippen LogP contribution in [-0.2, 0) is 6.42 Å². The molecular weight excluding hydrogens is 272 g/mol. The van der Waals surface area contributed by atoms with Gasteiger partial charge in [0.1, 0.15) is 5.75 Å². The van der Waals surface area contributed by atoms with Crippen molar-refractivity contribution in [2.45, 2.75) is 26.4 Å². The van der Waals surface area contributed by atoms with Crippen LogP contribution >= 0.6 is 11.6 Å². The number of hydrogen-bond donors (Lipinski definition) is 1. The van der Waals surface area contributed by atoms with Crippen molar-refractivity contribution >= 4 is 11.6 Å². The predicted molar refractivity (Wildman–Crippen MR) is 82.5 cm³/mol. The van der Waals surface area contributed by atoms with Crippen molar-refractivity contribution in [3.63, 3.8) is 0 Å². The highest BCUT2D eigenvalue weighted by Crippen LogP contribution is 2.30. The third-order valence-corrected chi connectivity index (χ3v) is 3.56. The van der Waals surface area contributed by atoms with E-state index < -0.39 is 6.10 Å². The molecule has 2 aromatic rings. The van der Waals surface area contributed by atoms with Gasteiger partial charge in [-0.05, 0) is 37.6 Å². The standard InChI is InChI=1S/C17H19ClO2/c1-3-20-17-9-8-12(2)10-14(17)16(19)11-13-6-4-5-7-15(13)18/h4-10,16,19H,3,11H2,1-2H3. The van der Waals surface area contributed by atoms with Crippen LogP contribution in [0.25, 0.3) is 0 Å². The van der Waals surface area contributed by atoms with Gasteiger partial charge in [0.25, 0.3) is 0 Å². The second kappa shape index (κ2) is 6.78. The van der Waals surface area contributed by atoms with Crippen LogP contribution in [0.15, 0.2) is 42.5 Å². The molecule has 1 atom stereocenters. The smallest absolute Gasteiger partial charge is 0.125 e. The molecule has 1 N–H and O–H groups in total. The van der Waals surface area contributed by atoms with Crippen molar-refractivity contribution in [3.05, 3.63) is 64.2 Å². The van der Waals surface area contributed by atoms with Crippen LogP contribution in [0, 0.1) is 6.92 Å². The summed E-state index contributed by atoms with van der Waals surface area (Å²) >= 11 is 6.15. The molecular formula is C17H19ClO2. The highest BCUT2D eigenvalue weighted by molar-refractivity contribution is 6.31. The molecule has 0 bridgehead atoms. The third-order valence-electron chi connectivity index (χ3n) is 3.20. The van der Waals surface area contributed by atoms with Gasteiger partial charge in [-0.25, -0.2) is 0 Å². The molecule has 3 heteroatoms. The molecule has 0 aliphatic carbocycles. The fourth-order valence-corrected chi connectivity index (χ4v) is 2.41. The second-order valence-corrected chi connectivity index (χ2v) is 5.19. The third kappa shape index (κ3) is 3.53. The van der Waals surface area contributed by atoms with E-state index in [2.05, 4.69) is 0 Å². The van der Waals surface area contributed by atoms with Gasteiger partial charge >= 0.3 is 0 Å². The van der Waals surface area contributed by atoms with Gasteiger partial charge in [-0.2, -0.15) is 0 Å². The summed E-state index contributed by atoms with van der Waals surface area (Å²) < 4.78 is 5.59. The second-order valence-electron chi connectivity index (χ2n) is 4.79. The predicted octanol–water partition coefficient (Wildman–Crippen LogP) is 4.32. The maximum Gasteiger partial charge on any atom is 0.125 e. The van der Waals surface area contributed by atoms with Gasteiger partial charge in [0.05, 0.1) is 12.7 Å². The Bertz CT molecular complexity index is 581. The summed E-state index contributed by atoms with van der Waals surface area (Å²) in [6, 6.07) is 13.4. The summed E-state index contributed by atoms with van der Waals surface area (Å²) in [4.78, 5) is 0. The van der Waals surface area contributed by atoms with Crippen LogP contribution in [0.2, 0.25) is 5.02 Å². The topological polar surface area (TPSA) is 29.5 Å². The molecule has 0 aliphatic rings. The summed E-state index contributed by atoms with van der Waals surface area (Å²) in [5.74, 6) is 0.734. The minimum Gasteiger partial charge on any atom is -0.493 e. The first-order chi connectivity index (χ1) is 9.61. The lowest BCUT2D eigenvalue weighted by Gasteiger charge is -2.17. The summed E-state index contributed by atoms with van der Waals surface area (Å²) in [5.41, 5.74) is 2.85. The number of rotatable bonds is 5. The molecule has 0 radical (unpaired) electrons. The van der Waals surface area contributed by atoms with Crippen molar-refractivity contribution < 1.29 is 9.84 Å². The largest absolute Gasteiger partial charge is 0.493 e. The molecule has 0 spiro atoms. The van der Waals surface area contributed by atoms with Crippen LogP contribution in [0.3, 0.4) is 0 Å². The van der Waals surface area contributed by atoms with Crippen molar-refractivity contribution in [2.75, 3.05) is 6.61 Å². The Morgan fingerprint density at radius 1 is 1.20 bits per heavy atom. The maximum atomic E-state index is 10.5. The monoisotopic (exact) mass is 290 g/mol. The molecule has 0 saturated heterocycles. The molecule has 0 fully saturated rings. The van der Waals surface area contributed by atoms with E-state index in [0.29, 0.717) is 18.1 Å². The van der Waals surface area contributed by atoms with Crippen LogP contribution in [0.1, 0.15) is 29.7 Å². The van der Waals surface area contributed by atoms with E-state index in [1.165, 1.54) is 0 Å². The Balaban J connectivity index is 2.26. The number of aryl methyl sites for hydroxylation is 1. The van der Waals surface area contributed by atoms with Gasteiger partial charge < -0.3 is 9.84 Å². The first-order valence-electron chi connectivity index (χ1n) is 6.76. The zero-order chi connectivity index (χ0) is 14.5. The molecule has 2 nitrogen and oxygen atoms in total. The van der Waals surface area contributed by atoms with Gasteiger partial charge in [-0.15, -0.1) is 0 Å². The van der Waals surface area contributed by atoms with Crippen molar-refractivity contribution in [1.29, 1.82) is 0 Å². The summed E-state index contributed by atoms with van der Waals surface area (Å²) in [7, 11) is 0. The highest BCUT2D eigenvalue weighted by Gasteiger charge is 2.15. The Labute approximate surface area is 125 Å². The Kier molecular flexibility index (Phi) is 5.05. The van der Waals surface area contributed by atoms with Crippen LogP contribution in [0.5, 0.6) is 5.75 Å². The maximum absolute atomic E-state index is 10.5. The fourth-order valence-electron chi connectivity index (χ4n) is 2.20. The first kappa shape index (κ1) is 14.9. The number of halogens is 1. The lowest BCUT2D eigenvalue weighted by Crippen LogP contribution is -2.06. The Morgan fingerprint density at radius 2 is 1.95 bits per heavy atom. The SMILES string of the molecule is CCOc1ccc(C)cc1C(O)Cc1ccccc1Cl. The Morgan fingerprint density at radius 3 is 2.65 bits per heavy atom. The molecule has 0 heterocycles. The number of aliphatic hydroxyl groups excluding tert-OH is 1. The molecule has 106 valence electrons. The minimum absolute atomic E-state index is 0.475. The zero-order valence-electron chi connectivity index (χ0n) is 11.8. The van der Waals surface area contributed by atoms with E-state index in [0.717, 1.165) is 22.4 Å². The van der Waals surface area contributed by atoms with E-state index in [9.17, 15) is 5.11 Å². The number of aliphatic hydroxyl groups is 1. The molecule has 1 unspecified atom stereocenters. The van der Waals surface area contributed by atoms with Gasteiger partial charge in [0.15, 0.2) is 0 Å². The van der Waals surface area contributed by atoms with Crippen LogP contribution in [0.4, 0.5) is 0 Å². The Hall–Kier alpha value is -1.51. The van der Waals surface area contributed by atoms with E-state index in [1.807, 2.05) is 56.3 Å². The van der Waals surface area contributed by atoms with E-state index >= 15 is 0 Å². The minimum atomic E-state index is -0.628. The molecule has 0 amide bonds. The molecule has 0 aliphatic heterocycles. The molecule has 0 aromatic heterocycles. The number of ether oxygens (including phenoxy) is 1.